The van der Waals surface area contributed by atoms with Crippen molar-refractivity contribution < 1.29 is 4.52 Å². The minimum atomic E-state index is 0.575. The van der Waals surface area contributed by atoms with Crippen molar-refractivity contribution in [3.63, 3.8) is 0 Å². The van der Waals surface area contributed by atoms with Crippen molar-refractivity contribution in [2.75, 3.05) is 13.1 Å². The van der Waals surface area contributed by atoms with E-state index < -0.39 is 0 Å². The van der Waals surface area contributed by atoms with Gasteiger partial charge in [-0.2, -0.15) is 4.98 Å². The summed E-state index contributed by atoms with van der Waals surface area (Å²) >= 11 is 0. The first-order valence-electron chi connectivity index (χ1n) is 7.09. The van der Waals surface area contributed by atoms with E-state index in [1.807, 2.05) is 0 Å². The predicted molar refractivity (Wildman–Crippen MR) is 71.2 cm³/mol. The van der Waals surface area contributed by atoms with E-state index in [2.05, 4.69) is 42.7 Å². The van der Waals surface area contributed by atoms with Gasteiger partial charge in [0.15, 0.2) is 5.82 Å². The predicted octanol–water partition coefficient (Wildman–Crippen LogP) is 3.06. The van der Waals surface area contributed by atoms with Gasteiger partial charge in [-0.05, 0) is 24.7 Å². The van der Waals surface area contributed by atoms with Gasteiger partial charge in [0.25, 0.3) is 0 Å². The Morgan fingerprint density at radius 2 is 1.78 bits per heavy atom. The fourth-order valence-electron chi connectivity index (χ4n) is 2.27. The van der Waals surface area contributed by atoms with Gasteiger partial charge in [-0.15, -0.1) is 0 Å². The van der Waals surface area contributed by atoms with Crippen LogP contribution in [0.2, 0.25) is 0 Å². The first kappa shape index (κ1) is 13.5. The van der Waals surface area contributed by atoms with Crippen molar-refractivity contribution in [2.24, 2.45) is 11.8 Å². The van der Waals surface area contributed by atoms with Gasteiger partial charge in [-0.1, -0.05) is 32.9 Å². The topological polar surface area (TPSA) is 42.2 Å². The molecular weight excluding hydrogens is 226 g/mol. The van der Waals surface area contributed by atoms with Crippen molar-refractivity contribution in [3.8, 4) is 0 Å². The lowest BCUT2D eigenvalue weighted by atomic mass is 10.1. The highest BCUT2D eigenvalue weighted by Crippen LogP contribution is 2.38. The van der Waals surface area contributed by atoms with E-state index in [0.717, 1.165) is 31.3 Å². The third-order valence-electron chi connectivity index (χ3n) is 3.03. The Morgan fingerprint density at radius 1 is 1.17 bits per heavy atom. The summed E-state index contributed by atoms with van der Waals surface area (Å²) in [5, 5.41) is 4.08. The molecule has 0 unspecified atom stereocenters. The van der Waals surface area contributed by atoms with Gasteiger partial charge >= 0.3 is 0 Å². The molecule has 4 nitrogen and oxygen atoms in total. The monoisotopic (exact) mass is 251 g/mol. The molecule has 0 aliphatic heterocycles. The van der Waals surface area contributed by atoms with Crippen LogP contribution in [0.1, 0.15) is 58.2 Å². The van der Waals surface area contributed by atoms with Crippen LogP contribution >= 0.6 is 0 Å². The van der Waals surface area contributed by atoms with Gasteiger partial charge in [0.1, 0.15) is 0 Å². The van der Waals surface area contributed by atoms with E-state index in [1.54, 1.807) is 0 Å². The van der Waals surface area contributed by atoms with Crippen molar-refractivity contribution in [3.05, 3.63) is 11.7 Å². The molecule has 2 rings (SSSR count). The molecule has 1 aromatic rings. The molecule has 0 atom stereocenters. The molecule has 0 bridgehead atoms. The summed E-state index contributed by atoms with van der Waals surface area (Å²) in [6.45, 7) is 11.9. The van der Waals surface area contributed by atoms with Gasteiger partial charge < -0.3 is 4.52 Å². The number of hydrogen-bond donors (Lipinski definition) is 0. The Hall–Kier alpha value is -0.900. The minimum Gasteiger partial charge on any atom is -0.338 e. The number of aromatic nitrogens is 2. The Labute approximate surface area is 110 Å². The highest BCUT2D eigenvalue weighted by atomic mass is 16.5. The standard InChI is InChI=1S/C14H25N3O/c1-10(2)7-17(8-11(3)4)9-13-15-14(16-18-13)12-5-6-12/h10-12H,5-9H2,1-4H3. The van der Waals surface area contributed by atoms with E-state index >= 15 is 0 Å². The Morgan fingerprint density at radius 3 is 2.28 bits per heavy atom. The highest BCUT2D eigenvalue weighted by molar-refractivity contribution is 5.03. The van der Waals surface area contributed by atoms with Crippen LogP contribution in [0.5, 0.6) is 0 Å². The molecule has 18 heavy (non-hydrogen) atoms. The largest absolute Gasteiger partial charge is 0.338 e. The fourth-order valence-corrected chi connectivity index (χ4v) is 2.27. The second-order valence-corrected chi connectivity index (χ2v) is 6.30. The molecule has 0 radical (unpaired) electrons. The van der Waals surface area contributed by atoms with Gasteiger partial charge in [0.05, 0.1) is 6.54 Å². The maximum atomic E-state index is 5.36. The third-order valence-corrected chi connectivity index (χ3v) is 3.03. The average molecular weight is 251 g/mol. The number of rotatable bonds is 7. The zero-order chi connectivity index (χ0) is 13.1. The molecule has 0 aromatic carbocycles. The molecular formula is C14H25N3O. The Bertz CT molecular complexity index is 359. The van der Waals surface area contributed by atoms with Gasteiger partial charge in [-0.3, -0.25) is 4.90 Å². The molecule has 102 valence electrons. The molecule has 1 fully saturated rings. The lowest BCUT2D eigenvalue weighted by molar-refractivity contribution is 0.186. The molecule has 0 saturated heterocycles. The normalized spacial score (nSPS) is 16.2. The third kappa shape index (κ3) is 4.09. The maximum absolute atomic E-state index is 5.36. The molecule has 1 aromatic heterocycles. The maximum Gasteiger partial charge on any atom is 0.240 e. The van der Waals surface area contributed by atoms with Gasteiger partial charge in [-0.25, -0.2) is 0 Å². The molecule has 1 saturated carbocycles. The molecule has 1 aliphatic carbocycles. The molecule has 4 heteroatoms. The van der Waals surface area contributed by atoms with Crippen LogP contribution in [0.15, 0.2) is 4.52 Å². The van der Waals surface area contributed by atoms with Crippen LogP contribution in [0.3, 0.4) is 0 Å². The molecule has 0 spiro atoms. The van der Waals surface area contributed by atoms with Crippen LogP contribution in [0.25, 0.3) is 0 Å². The summed E-state index contributed by atoms with van der Waals surface area (Å²) < 4.78 is 5.36. The lowest BCUT2D eigenvalue weighted by Crippen LogP contribution is -2.31. The summed E-state index contributed by atoms with van der Waals surface area (Å²) in [6.07, 6.45) is 2.45. The Kier molecular flexibility index (Phi) is 4.38. The van der Waals surface area contributed by atoms with Crippen molar-refractivity contribution in [1.82, 2.24) is 15.0 Å². The quantitative estimate of drug-likeness (QED) is 0.747. The fraction of sp³-hybridized carbons (Fsp3) is 0.857. The smallest absolute Gasteiger partial charge is 0.240 e. The summed E-state index contributed by atoms with van der Waals surface area (Å²) in [5.41, 5.74) is 0. The zero-order valence-corrected chi connectivity index (χ0v) is 12.0. The second kappa shape index (κ2) is 5.83. The van der Waals surface area contributed by atoms with Crippen molar-refractivity contribution in [2.45, 2.75) is 53.0 Å². The molecule has 0 amide bonds. The van der Waals surface area contributed by atoms with E-state index in [1.165, 1.54) is 12.8 Å². The summed E-state index contributed by atoms with van der Waals surface area (Å²) in [7, 11) is 0. The van der Waals surface area contributed by atoms with E-state index in [-0.39, 0.29) is 0 Å². The van der Waals surface area contributed by atoms with E-state index in [4.69, 9.17) is 4.52 Å². The SMILES string of the molecule is CC(C)CN(Cc1nc(C2CC2)no1)CC(C)C. The zero-order valence-electron chi connectivity index (χ0n) is 12.0. The lowest BCUT2D eigenvalue weighted by Gasteiger charge is -2.24. The molecule has 0 N–H and O–H groups in total. The van der Waals surface area contributed by atoms with Crippen molar-refractivity contribution in [1.29, 1.82) is 0 Å². The van der Waals surface area contributed by atoms with E-state index in [0.29, 0.717) is 17.8 Å². The summed E-state index contributed by atoms with van der Waals surface area (Å²) in [4.78, 5) is 6.92. The van der Waals surface area contributed by atoms with Crippen LogP contribution in [0.4, 0.5) is 0 Å². The minimum absolute atomic E-state index is 0.575. The van der Waals surface area contributed by atoms with Crippen LogP contribution in [-0.4, -0.2) is 28.1 Å². The van der Waals surface area contributed by atoms with Gasteiger partial charge in [0, 0.05) is 19.0 Å². The van der Waals surface area contributed by atoms with Crippen molar-refractivity contribution >= 4 is 0 Å². The van der Waals surface area contributed by atoms with Crippen LogP contribution < -0.4 is 0 Å². The highest BCUT2D eigenvalue weighted by Gasteiger charge is 2.29. The first-order chi connectivity index (χ1) is 8.54. The summed E-state index contributed by atoms with van der Waals surface area (Å²) in [5.74, 6) is 3.59. The van der Waals surface area contributed by atoms with Crippen LogP contribution in [0, 0.1) is 11.8 Å². The van der Waals surface area contributed by atoms with Gasteiger partial charge in [0.2, 0.25) is 5.89 Å². The van der Waals surface area contributed by atoms with Crippen LogP contribution in [-0.2, 0) is 6.54 Å². The second-order valence-electron chi connectivity index (χ2n) is 6.30. The molecule has 1 aliphatic rings. The van der Waals surface area contributed by atoms with E-state index in [9.17, 15) is 0 Å². The number of hydrogen-bond acceptors (Lipinski definition) is 4. The molecule has 1 heterocycles. The first-order valence-corrected chi connectivity index (χ1v) is 7.09. The number of nitrogens with zero attached hydrogens (tertiary/aromatic N) is 3. The Balaban J connectivity index is 1.92. The summed E-state index contributed by atoms with van der Waals surface area (Å²) in [6, 6.07) is 0. The average Bonchev–Trinajstić information content (AvgIpc) is 2.98.